The van der Waals surface area contributed by atoms with Crippen LogP contribution in [0.4, 0.5) is 0 Å². The molecule has 1 saturated carbocycles. The van der Waals surface area contributed by atoms with Gasteiger partial charge in [0.25, 0.3) is 0 Å². The lowest BCUT2D eigenvalue weighted by Crippen LogP contribution is -2.35. The van der Waals surface area contributed by atoms with Gasteiger partial charge in [-0.05, 0) is 32.2 Å². The van der Waals surface area contributed by atoms with Crippen molar-refractivity contribution in [3.05, 3.63) is 0 Å². The van der Waals surface area contributed by atoms with Gasteiger partial charge in [0.15, 0.2) is 0 Å². The van der Waals surface area contributed by atoms with Gasteiger partial charge in [0.1, 0.15) is 0 Å². The minimum Gasteiger partial charge on any atom is -0.326 e. The van der Waals surface area contributed by atoms with E-state index < -0.39 is 0 Å². The highest BCUT2D eigenvalue weighted by molar-refractivity contribution is 4.84. The highest BCUT2D eigenvalue weighted by Crippen LogP contribution is 2.32. The van der Waals surface area contributed by atoms with Crippen molar-refractivity contribution in [2.45, 2.75) is 51.1 Å². The topological polar surface area (TPSA) is 29.3 Å². The average molecular weight is 182 g/mol. The van der Waals surface area contributed by atoms with Gasteiger partial charge in [0.2, 0.25) is 0 Å². The van der Waals surface area contributed by atoms with Crippen LogP contribution in [-0.4, -0.2) is 30.1 Å². The van der Waals surface area contributed by atoms with E-state index in [1.165, 1.54) is 38.6 Å². The Balaban J connectivity index is 1.72. The Labute approximate surface area is 81.5 Å². The summed E-state index contributed by atoms with van der Waals surface area (Å²) in [6, 6.07) is 1.22. The molecule has 13 heavy (non-hydrogen) atoms. The Bertz CT molecular complexity index is 165. The predicted octanol–water partition coefficient (Wildman–Crippen LogP) is 1.60. The summed E-state index contributed by atoms with van der Waals surface area (Å²) in [5, 5.41) is 0. The molecule has 0 amide bonds. The van der Waals surface area contributed by atoms with Gasteiger partial charge in [0.05, 0.1) is 0 Å². The summed E-state index contributed by atoms with van der Waals surface area (Å²) < 4.78 is 0. The zero-order chi connectivity index (χ0) is 9.26. The normalized spacial score (nSPS) is 33.2. The summed E-state index contributed by atoms with van der Waals surface area (Å²) >= 11 is 0. The number of hydrogen-bond acceptors (Lipinski definition) is 2. The van der Waals surface area contributed by atoms with Crippen LogP contribution in [0, 0.1) is 5.92 Å². The summed E-state index contributed by atoms with van der Waals surface area (Å²) in [6.07, 6.45) is 7.03. The minimum atomic E-state index is 0.448. The number of nitrogens with two attached hydrogens (primary N) is 1. The first kappa shape index (κ1) is 9.47. The van der Waals surface area contributed by atoms with Crippen LogP contribution in [0.3, 0.4) is 0 Å². The van der Waals surface area contributed by atoms with Gasteiger partial charge in [-0.15, -0.1) is 0 Å². The third-order valence-electron chi connectivity index (χ3n) is 3.78. The lowest BCUT2D eigenvalue weighted by molar-refractivity contribution is 0.180. The molecule has 2 nitrogen and oxygen atoms in total. The Morgan fingerprint density at radius 2 is 2.15 bits per heavy atom. The van der Waals surface area contributed by atoms with E-state index in [0.29, 0.717) is 6.04 Å². The van der Waals surface area contributed by atoms with Crippen LogP contribution in [0.25, 0.3) is 0 Å². The van der Waals surface area contributed by atoms with Crippen molar-refractivity contribution in [1.82, 2.24) is 4.90 Å². The first-order valence-electron chi connectivity index (χ1n) is 5.75. The average Bonchev–Trinajstić information content (AvgIpc) is 2.44. The van der Waals surface area contributed by atoms with Crippen LogP contribution in [0.2, 0.25) is 0 Å². The molecule has 76 valence electrons. The fourth-order valence-electron chi connectivity index (χ4n) is 2.58. The maximum Gasteiger partial charge on any atom is 0.0180 e. The van der Waals surface area contributed by atoms with Crippen LogP contribution < -0.4 is 5.73 Å². The molecule has 2 heteroatoms. The third kappa shape index (κ3) is 2.23. The Kier molecular flexibility index (Phi) is 2.89. The summed E-state index contributed by atoms with van der Waals surface area (Å²) in [6.45, 7) is 4.74. The molecule has 1 heterocycles. The number of rotatable bonds is 3. The van der Waals surface area contributed by atoms with Crippen LogP contribution in [0.15, 0.2) is 0 Å². The Morgan fingerprint density at radius 3 is 2.62 bits per heavy atom. The molecule has 2 atom stereocenters. The first-order chi connectivity index (χ1) is 6.25. The first-order valence-corrected chi connectivity index (χ1v) is 5.75. The van der Waals surface area contributed by atoms with Crippen molar-refractivity contribution in [3.63, 3.8) is 0 Å². The van der Waals surface area contributed by atoms with Gasteiger partial charge in [-0.2, -0.15) is 0 Å². The fraction of sp³-hybridized carbons (Fsp3) is 1.00. The van der Waals surface area contributed by atoms with Crippen molar-refractivity contribution in [2.75, 3.05) is 13.1 Å². The molecule has 2 aliphatic rings. The highest BCUT2D eigenvalue weighted by Gasteiger charge is 2.27. The van der Waals surface area contributed by atoms with Crippen molar-refractivity contribution < 1.29 is 0 Å². The van der Waals surface area contributed by atoms with E-state index >= 15 is 0 Å². The quantitative estimate of drug-likeness (QED) is 0.718. The maximum absolute atomic E-state index is 5.90. The zero-order valence-electron chi connectivity index (χ0n) is 8.71. The Hall–Kier alpha value is -0.0800. The predicted molar refractivity (Wildman–Crippen MR) is 55.6 cm³/mol. The molecule has 2 N–H and O–H groups in total. The molecule has 2 fully saturated rings. The molecule has 1 aliphatic carbocycles. The van der Waals surface area contributed by atoms with Crippen LogP contribution in [-0.2, 0) is 0 Å². The second-order valence-electron chi connectivity index (χ2n) is 4.93. The zero-order valence-corrected chi connectivity index (χ0v) is 8.71. The fourth-order valence-corrected chi connectivity index (χ4v) is 2.58. The van der Waals surface area contributed by atoms with E-state index in [4.69, 9.17) is 5.73 Å². The molecule has 2 unspecified atom stereocenters. The number of likely N-dealkylation sites (tertiary alicyclic amines) is 1. The van der Waals surface area contributed by atoms with Gasteiger partial charge in [-0.25, -0.2) is 0 Å². The van der Waals surface area contributed by atoms with Gasteiger partial charge >= 0.3 is 0 Å². The van der Waals surface area contributed by atoms with Crippen LogP contribution in [0.5, 0.6) is 0 Å². The van der Waals surface area contributed by atoms with E-state index in [9.17, 15) is 0 Å². The lowest BCUT2D eigenvalue weighted by Gasteiger charge is -2.32. The molecule has 0 spiro atoms. The molecule has 0 radical (unpaired) electrons. The monoisotopic (exact) mass is 182 g/mol. The molecule has 0 bridgehead atoms. The van der Waals surface area contributed by atoms with Crippen molar-refractivity contribution >= 4 is 0 Å². The van der Waals surface area contributed by atoms with Crippen molar-refractivity contribution in [1.29, 1.82) is 0 Å². The molecular formula is C11H22N2. The van der Waals surface area contributed by atoms with Crippen molar-refractivity contribution in [2.24, 2.45) is 11.7 Å². The summed E-state index contributed by atoms with van der Waals surface area (Å²) in [4.78, 5) is 2.57. The Morgan fingerprint density at radius 1 is 1.38 bits per heavy atom. The van der Waals surface area contributed by atoms with Crippen LogP contribution in [0.1, 0.15) is 39.0 Å². The second kappa shape index (κ2) is 3.97. The van der Waals surface area contributed by atoms with Crippen molar-refractivity contribution in [3.8, 4) is 0 Å². The molecule has 2 rings (SSSR count). The molecule has 0 aromatic carbocycles. The summed E-state index contributed by atoms with van der Waals surface area (Å²) in [5.41, 5.74) is 5.90. The largest absolute Gasteiger partial charge is 0.326 e. The van der Waals surface area contributed by atoms with E-state index in [2.05, 4.69) is 11.8 Å². The van der Waals surface area contributed by atoms with Crippen LogP contribution >= 0.6 is 0 Å². The molecule has 1 saturated heterocycles. The van der Waals surface area contributed by atoms with Gasteiger partial charge < -0.3 is 5.73 Å². The standard InChI is InChI=1S/C11H22N2/c1-9(7-10-3-2-4-10)13-6-5-11(12)8-13/h9-11H,2-8,12H2,1H3. The van der Waals surface area contributed by atoms with E-state index in [1.54, 1.807) is 0 Å². The second-order valence-corrected chi connectivity index (χ2v) is 4.93. The highest BCUT2D eigenvalue weighted by atomic mass is 15.2. The lowest BCUT2D eigenvalue weighted by atomic mass is 9.81. The SMILES string of the molecule is CC(CC1CCC1)N1CCC(N)C1. The molecule has 0 aromatic rings. The smallest absolute Gasteiger partial charge is 0.0180 e. The molecule has 1 aliphatic heterocycles. The van der Waals surface area contributed by atoms with Gasteiger partial charge in [0, 0.05) is 18.6 Å². The third-order valence-corrected chi connectivity index (χ3v) is 3.78. The molecule has 0 aromatic heterocycles. The summed E-state index contributed by atoms with van der Waals surface area (Å²) in [7, 11) is 0. The number of nitrogens with zero attached hydrogens (tertiary/aromatic N) is 1. The minimum absolute atomic E-state index is 0.448. The number of hydrogen-bond donors (Lipinski definition) is 1. The summed E-state index contributed by atoms with van der Waals surface area (Å²) in [5.74, 6) is 1.03. The molecular weight excluding hydrogens is 160 g/mol. The van der Waals surface area contributed by atoms with E-state index in [0.717, 1.165) is 18.5 Å². The van der Waals surface area contributed by atoms with E-state index in [1.807, 2.05) is 0 Å². The van der Waals surface area contributed by atoms with Gasteiger partial charge in [-0.1, -0.05) is 19.3 Å². The maximum atomic E-state index is 5.90. The van der Waals surface area contributed by atoms with E-state index in [-0.39, 0.29) is 0 Å². The van der Waals surface area contributed by atoms with Gasteiger partial charge in [-0.3, -0.25) is 4.90 Å².